The Morgan fingerprint density at radius 2 is 2.15 bits per heavy atom. The van der Waals surface area contributed by atoms with E-state index in [0.717, 1.165) is 15.6 Å². The lowest BCUT2D eigenvalue weighted by Gasteiger charge is -1.94. The topological polar surface area (TPSA) is 25.8 Å². The van der Waals surface area contributed by atoms with E-state index in [1.165, 1.54) is 11.3 Å². The number of thiophene rings is 1. The molecule has 2 aromatic heterocycles. The minimum Gasteiger partial charge on any atom is -0.226 e. The molecular weight excluding hydrogens is 227 g/mol. The number of aromatic nitrogens is 2. The van der Waals surface area contributed by atoms with Crippen LogP contribution in [0.4, 0.5) is 0 Å². The Labute approximate surface area is 89.2 Å². The van der Waals surface area contributed by atoms with Crippen LogP contribution in [0.5, 0.6) is 0 Å². The van der Waals surface area contributed by atoms with Crippen LogP contribution in [0.15, 0.2) is 23.7 Å². The van der Waals surface area contributed by atoms with Gasteiger partial charge in [0, 0.05) is 17.1 Å². The summed E-state index contributed by atoms with van der Waals surface area (Å²) in [6, 6.07) is 3.65. The monoisotopic (exact) mass is 230 g/mol. The molecule has 0 atom stereocenters. The number of hydrogen-bond donors (Lipinski definition) is 0. The summed E-state index contributed by atoms with van der Waals surface area (Å²) >= 11 is 12.9. The van der Waals surface area contributed by atoms with Gasteiger partial charge < -0.3 is 0 Å². The van der Waals surface area contributed by atoms with Gasteiger partial charge >= 0.3 is 0 Å². The Kier molecular flexibility index (Phi) is 2.49. The summed E-state index contributed by atoms with van der Waals surface area (Å²) in [6.45, 7) is 0. The first kappa shape index (κ1) is 8.94. The van der Waals surface area contributed by atoms with Crippen LogP contribution in [-0.4, -0.2) is 9.97 Å². The molecule has 0 radical (unpaired) electrons. The average Bonchev–Trinajstić information content (AvgIpc) is 2.52. The zero-order valence-corrected chi connectivity index (χ0v) is 8.70. The lowest BCUT2D eigenvalue weighted by Crippen LogP contribution is -1.83. The van der Waals surface area contributed by atoms with Crippen molar-refractivity contribution in [3.05, 3.63) is 33.3 Å². The summed E-state index contributed by atoms with van der Waals surface area (Å²) in [5.74, 6) is 0. The zero-order chi connectivity index (χ0) is 9.26. The van der Waals surface area contributed by atoms with Gasteiger partial charge in [-0.3, -0.25) is 0 Å². The molecule has 0 aliphatic heterocycles. The summed E-state index contributed by atoms with van der Waals surface area (Å²) in [5, 5.41) is 2.18. The van der Waals surface area contributed by atoms with Gasteiger partial charge in [0.2, 0.25) is 5.28 Å². The molecule has 66 valence electrons. The zero-order valence-electron chi connectivity index (χ0n) is 6.37. The summed E-state index contributed by atoms with van der Waals surface area (Å²) in [5.41, 5.74) is 1.77. The van der Waals surface area contributed by atoms with Crippen LogP contribution in [-0.2, 0) is 0 Å². The molecule has 5 heteroatoms. The van der Waals surface area contributed by atoms with Gasteiger partial charge in [0.25, 0.3) is 0 Å². The quantitative estimate of drug-likeness (QED) is 0.702. The van der Waals surface area contributed by atoms with E-state index in [-0.39, 0.29) is 5.28 Å². The molecule has 0 aliphatic carbocycles. The molecule has 2 rings (SSSR count). The Bertz CT molecular complexity index is 428. The molecule has 2 heterocycles. The molecule has 0 spiro atoms. The lowest BCUT2D eigenvalue weighted by atomic mass is 10.2. The van der Waals surface area contributed by atoms with Crippen LogP contribution in [0, 0.1) is 0 Å². The Morgan fingerprint density at radius 3 is 2.77 bits per heavy atom. The second-order valence-electron chi connectivity index (χ2n) is 2.35. The highest BCUT2D eigenvalue weighted by Crippen LogP contribution is 2.27. The Morgan fingerprint density at radius 1 is 1.31 bits per heavy atom. The third kappa shape index (κ3) is 1.99. The number of halogens is 2. The highest BCUT2D eigenvalue weighted by atomic mass is 35.5. The lowest BCUT2D eigenvalue weighted by molar-refractivity contribution is 1.17. The molecular formula is C8H4Cl2N2S. The van der Waals surface area contributed by atoms with Crippen molar-refractivity contribution < 1.29 is 0 Å². The van der Waals surface area contributed by atoms with E-state index in [9.17, 15) is 0 Å². The highest BCUT2D eigenvalue weighted by Gasteiger charge is 2.02. The third-order valence-corrected chi connectivity index (χ3v) is 2.76. The predicted octanol–water partition coefficient (Wildman–Crippen LogP) is 3.51. The maximum absolute atomic E-state index is 5.79. The smallest absolute Gasteiger partial charge is 0.222 e. The van der Waals surface area contributed by atoms with Crippen molar-refractivity contribution in [2.24, 2.45) is 0 Å². The number of rotatable bonds is 1. The van der Waals surface area contributed by atoms with Crippen LogP contribution < -0.4 is 0 Å². The van der Waals surface area contributed by atoms with Gasteiger partial charge in [0.1, 0.15) is 0 Å². The van der Waals surface area contributed by atoms with Gasteiger partial charge in [-0.2, -0.15) is 0 Å². The van der Waals surface area contributed by atoms with Crippen LogP contribution in [0.2, 0.25) is 9.62 Å². The van der Waals surface area contributed by atoms with Crippen LogP contribution in [0.3, 0.4) is 0 Å². The molecule has 13 heavy (non-hydrogen) atoms. The molecule has 0 aliphatic rings. The molecule has 0 fully saturated rings. The van der Waals surface area contributed by atoms with Gasteiger partial charge in [-0.25, -0.2) is 9.97 Å². The standard InChI is InChI=1S/C8H4Cl2N2S/c9-7-3-5(4-13-7)6-1-2-11-8(10)12-6/h1-4H. The fourth-order valence-electron chi connectivity index (χ4n) is 0.940. The molecule has 0 saturated heterocycles. The van der Waals surface area contributed by atoms with Crippen molar-refractivity contribution >= 4 is 34.5 Å². The molecule has 0 N–H and O–H groups in total. The van der Waals surface area contributed by atoms with Gasteiger partial charge in [0.15, 0.2) is 0 Å². The molecule has 0 saturated carbocycles. The molecule has 2 aromatic rings. The van der Waals surface area contributed by atoms with E-state index in [4.69, 9.17) is 23.2 Å². The van der Waals surface area contributed by atoms with Crippen molar-refractivity contribution in [1.29, 1.82) is 0 Å². The maximum atomic E-state index is 5.79. The van der Waals surface area contributed by atoms with Gasteiger partial charge in [-0.05, 0) is 23.7 Å². The van der Waals surface area contributed by atoms with E-state index < -0.39 is 0 Å². The minimum atomic E-state index is 0.250. The SMILES string of the molecule is Clc1nccc(-c2csc(Cl)c2)n1. The first-order valence-electron chi connectivity index (χ1n) is 3.48. The normalized spacial score (nSPS) is 10.3. The van der Waals surface area contributed by atoms with E-state index in [1.807, 2.05) is 11.4 Å². The Balaban J connectivity index is 2.46. The van der Waals surface area contributed by atoms with Crippen molar-refractivity contribution in [2.45, 2.75) is 0 Å². The fraction of sp³-hybridized carbons (Fsp3) is 0. The van der Waals surface area contributed by atoms with Crippen molar-refractivity contribution in [3.8, 4) is 11.3 Å². The Hall–Kier alpha value is -0.640. The average molecular weight is 231 g/mol. The first-order valence-corrected chi connectivity index (χ1v) is 5.12. The van der Waals surface area contributed by atoms with Gasteiger partial charge in [-0.1, -0.05) is 11.6 Å². The molecule has 2 nitrogen and oxygen atoms in total. The van der Waals surface area contributed by atoms with Gasteiger partial charge in [-0.15, -0.1) is 11.3 Å². The highest BCUT2D eigenvalue weighted by molar-refractivity contribution is 7.14. The van der Waals surface area contributed by atoms with E-state index in [0.29, 0.717) is 0 Å². The predicted molar refractivity (Wildman–Crippen MR) is 55.4 cm³/mol. The second-order valence-corrected chi connectivity index (χ2v) is 4.23. The van der Waals surface area contributed by atoms with E-state index in [2.05, 4.69) is 9.97 Å². The minimum absolute atomic E-state index is 0.250. The van der Waals surface area contributed by atoms with Crippen LogP contribution in [0.1, 0.15) is 0 Å². The fourth-order valence-corrected chi connectivity index (χ4v) is 1.96. The largest absolute Gasteiger partial charge is 0.226 e. The number of nitrogens with zero attached hydrogens (tertiary/aromatic N) is 2. The summed E-state index contributed by atoms with van der Waals surface area (Å²) in [6.07, 6.45) is 1.62. The maximum Gasteiger partial charge on any atom is 0.222 e. The molecule has 0 bridgehead atoms. The van der Waals surface area contributed by atoms with Crippen molar-refractivity contribution in [1.82, 2.24) is 9.97 Å². The van der Waals surface area contributed by atoms with Crippen molar-refractivity contribution in [2.75, 3.05) is 0 Å². The molecule has 0 unspecified atom stereocenters. The number of hydrogen-bond acceptors (Lipinski definition) is 3. The molecule has 0 aromatic carbocycles. The van der Waals surface area contributed by atoms with Crippen molar-refractivity contribution in [3.63, 3.8) is 0 Å². The van der Waals surface area contributed by atoms with Gasteiger partial charge in [0.05, 0.1) is 10.0 Å². The third-order valence-electron chi connectivity index (χ3n) is 1.49. The van der Waals surface area contributed by atoms with Crippen LogP contribution >= 0.6 is 34.5 Å². The summed E-state index contributed by atoms with van der Waals surface area (Å²) < 4.78 is 0.740. The molecule has 0 amide bonds. The second kappa shape index (κ2) is 3.62. The first-order chi connectivity index (χ1) is 6.25. The summed E-state index contributed by atoms with van der Waals surface area (Å²) in [7, 11) is 0. The van der Waals surface area contributed by atoms with Crippen LogP contribution in [0.25, 0.3) is 11.3 Å². The van der Waals surface area contributed by atoms with E-state index in [1.54, 1.807) is 12.3 Å². The summed E-state index contributed by atoms with van der Waals surface area (Å²) in [4.78, 5) is 7.86. The van der Waals surface area contributed by atoms with E-state index >= 15 is 0 Å².